The summed E-state index contributed by atoms with van der Waals surface area (Å²) in [5.41, 5.74) is 1.50. The van der Waals surface area contributed by atoms with Gasteiger partial charge in [0.2, 0.25) is 0 Å². The van der Waals surface area contributed by atoms with E-state index in [-0.39, 0.29) is 15.7 Å². The molecule has 0 radical (unpaired) electrons. The van der Waals surface area contributed by atoms with E-state index in [0.29, 0.717) is 6.04 Å². The number of rotatable bonds is 2. The van der Waals surface area contributed by atoms with Gasteiger partial charge in [0.15, 0.2) is 23.2 Å². The highest BCUT2D eigenvalue weighted by molar-refractivity contribution is 9.10. The van der Waals surface area contributed by atoms with Gasteiger partial charge in [-0.2, -0.15) is 0 Å². The van der Waals surface area contributed by atoms with Gasteiger partial charge in [-0.25, -0.2) is 0 Å². The van der Waals surface area contributed by atoms with Crippen LogP contribution in [0.3, 0.4) is 0 Å². The number of carbonyl (C=O) groups excluding carboxylic acids is 1. The van der Waals surface area contributed by atoms with Crippen LogP contribution >= 0.6 is 15.9 Å². The molecule has 0 saturated carbocycles. The maximum absolute atomic E-state index is 11.8. The minimum Gasteiger partial charge on any atom is -0.493 e. The summed E-state index contributed by atoms with van der Waals surface area (Å²) in [6.45, 7) is 4.52. The molecule has 1 spiro atoms. The molecule has 0 unspecified atom stereocenters. The van der Waals surface area contributed by atoms with Crippen molar-refractivity contribution >= 4 is 21.9 Å². The van der Waals surface area contributed by atoms with Gasteiger partial charge in [0.05, 0.1) is 16.8 Å². The molecule has 144 valence electrons. The molecule has 1 aromatic carbocycles. The highest BCUT2D eigenvalue weighted by Gasteiger charge is 2.76. The van der Waals surface area contributed by atoms with Crippen LogP contribution in [0.2, 0.25) is 0 Å². The molecule has 1 aromatic rings. The van der Waals surface area contributed by atoms with Crippen molar-refractivity contribution in [2.24, 2.45) is 0 Å². The molecule has 2 heterocycles. The number of ether oxygens (including phenoxy) is 3. The van der Waals surface area contributed by atoms with E-state index in [4.69, 9.17) is 14.2 Å². The minimum atomic E-state index is -0.706. The van der Waals surface area contributed by atoms with E-state index in [2.05, 4.69) is 46.9 Å². The molecule has 5 nitrogen and oxygen atoms in total. The Labute approximate surface area is 167 Å². The molecule has 27 heavy (non-hydrogen) atoms. The van der Waals surface area contributed by atoms with Crippen molar-refractivity contribution in [3.8, 4) is 11.5 Å². The normalized spacial score (nSPS) is 40.9. The summed E-state index contributed by atoms with van der Waals surface area (Å²) in [6, 6.07) is 4.47. The zero-order valence-corrected chi connectivity index (χ0v) is 17.6. The fourth-order valence-electron chi connectivity index (χ4n) is 6.10. The van der Waals surface area contributed by atoms with E-state index in [1.54, 1.807) is 7.11 Å². The average molecular weight is 434 g/mol. The van der Waals surface area contributed by atoms with Gasteiger partial charge < -0.3 is 19.1 Å². The number of benzene rings is 1. The minimum absolute atomic E-state index is 0.289. The summed E-state index contributed by atoms with van der Waals surface area (Å²) in [5.74, 6) is 1.26. The van der Waals surface area contributed by atoms with Crippen LogP contribution in [0, 0.1) is 0 Å². The van der Waals surface area contributed by atoms with Gasteiger partial charge in [-0.1, -0.05) is 28.1 Å². The quantitative estimate of drug-likeness (QED) is 0.407. The number of carbonyl (C=O) groups is 1. The second kappa shape index (κ2) is 5.29. The first-order chi connectivity index (χ1) is 12.8. The molecule has 1 saturated heterocycles. The molecule has 0 N–H and O–H groups in total. The first kappa shape index (κ1) is 17.6. The zero-order chi connectivity index (χ0) is 19.2. The summed E-state index contributed by atoms with van der Waals surface area (Å²) in [6.07, 6.45) is 5.62. The van der Waals surface area contributed by atoms with Crippen LogP contribution in [0.5, 0.6) is 11.5 Å². The van der Waals surface area contributed by atoms with E-state index in [1.165, 1.54) is 18.1 Å². The second-order valence-corrected chi connectivity index (χ2v) is 9.67. The summed E-state index contributed by atoms with van der Waals surface area (Å²) in [4.78, 5) is 14.3. The lowest BCUT2D eigenvalue weighted by molar-refractivity contribution is -0.163. The molecular weight excluding hydrogens is 410 g/mol. The van der Waals surface area contributed by atoms with Crippen molar-refractivity contribution in [2.75, 3.05) is 20.7 Å². The third kappa shape index (κ3) is 1.82. The van der Waals surface area contributed by atoms with E-state index < -0.39 is 11.7 Å². The van der Waals surface area contributed by atoms with E-state index >= 15 is 0 Å². The van der Waals surface area contributed by atoms with Crippen LogP contribution in [0.4, 0.5) is 0 Å². The van der Waals surface area contributed by atoms with Crippen LogP contribution < -0.4 is 9.47 Å². The Bertz CT molecular complexity index is 885. The van der Waals surface area contributed by atoms with Crippen LogP contribution in [-0.2, 0) is 21.4 Å². The maximum atomic E-state index is 11.8. The van der Waals surface area contributed by atoms with Gasteiger partial charge in [-0.3, -0.25) is 4.79 Å². The van der Waals surface area contributed by atoms with E-state index in [1.807, 2.05) is 12.1 Å². The highest BCUT2D eigenvalue weighted by Crippen LogP contribution is 2.70. The summed E-state index contributed by atoms with van der Waals surface area (Å²) in [5, 5.41) is 0. The van der Waals surface area contributed by atoms with Crippen molar-refractivity contribution < 1.29 is 19.0 Å². The first-order valence-corrected chi connectivity index (χ1v) is 10.2. The largest absolute Gasteiger partial charge is 0.493 e. The third-order valence-electron chi connectivity index (χ3n) is 7.29. The lowest BCUT2D eigenvalue weighted by Crippen LogP contribution is -2.76. The zero-order valence-electron chi connectivity index (χ0n) is 16.0. The smallest absolute Gasteiger partial charge is 0.303 e. The number of alkyl halides is 1. The molecule has 2 aliphatic heterocycles. The number of hydrogen-bond acceptors (Lipinski definition) is 5. The molecule has 4 aliphatic rings. The van der Waals surface area contributed by atoms with Crippen LogP contribution in [0.15, 0.2) is 24.3 Å². The standard InChI is InChI=1S/C21H24BrNO4/c1-12(24)26-16-7-8-21(22)15-11-13-5-6-14(25-4)18-17(13)20(21,9-10-23(15)3)19(16,2)27-18/h5-8,15-16H,9-11H2,1-4H3/t15-,16+,19-,20+,21+/m1/s1. The Hall–Kier alpha value is -1.53. The fourth-order valence-corrected chi connectivity index (χ4v) is 7.56. The van der Waals surface area contributed by atoms with Crippen LogP contribution in [0.25, 0.3) is 0 Å². The summed E-state index contributed by atoms with van der Waals surface area (Å²) < 4.78 is 17.8. The molecule has 2 aliphatic carbocycles. The number of esters is 1. The Kier molecular flexibility index (Phi) is 3.44. The Balaban J connectivity index is 1.84. The molecule has 5 rings (SSSR count). The lowest BCUT2D eigenvalue weighted by atomic mass is 9.49. The SMILES string of the molecule is COc1ccc2c3c1O[C@]1(C)[C@@H](OC(C)=O)C=C[C@]4(Br)[C@@H](C2)N(C)CC[C@@]341. The topological polar surface area (TPSA) is 48.0 Å². The van der Waals surface area contributed by atoms with Crippen molar-refractivity contribution in [1.82, 2.24) is 4.90 Å². The Morgan fingerprint density at radius 1 is 1.41 bits per heavy atom. The van der Waals surface area contributed by atoms with Crippen molar-refractivity contribution in [1.29, 1.82) is 0 Å². The van der Waals surface area contributed by atoms with Crippen molar-refractivity contribution in [2.45, 2.75) is 54.2 Å². The average Bonchev–Trinajstić information content (AvgIpc) is 2.89. The van der Waals surface area contributed by atoms with Gasteiger partial charge in [-0.15, -0.1) is 0 Å². The number of likely N-dealkylation sites (tertiary alicyclic amines) is 1. The highest BCUT2D eigenvalue weighted by atomic mass is 79.9. The van der Waals surface area contributed by atoms with E-state index in [9.17, 15) is 4.79 Å². The molecule has 6 heteroatoms. The van der Waals surface area contributed by atoms with E-state index in [0.717, 1.165) is 30.9 Å². The van der Waals surface area contributed by atoms with Gasteiger partial charge in [0.25, 0.3) is 0 Å². The number of halogens is 1. The number of nitrogens with zero attached hydrogens (tertiary/aromatic N) is 1. The number of likely N-dealkylation sites (N-methyl/N-ethyl adjacent to an activating group) is 1. The van der Waals surface area contributed by atoms with Crippen LogP contribution in [0.1, 0.15) is 31.4 Å². The summed E-state index contributed by atoms with van der Waals surface area (Å²) >= 11 is 4.18. The number of methoxy groups -OCH3 is 1. The molecule has 5 atom stereocenters. The maximum Gasteiger partial charge on any atom is 0.303 e. The number of hydrogen-bond donors (Lipinski definition) is 0. The Morgan fingerprint density at radius 2 is 2.19 bits per heavy atom. The number of piperidine rings is 1. The fraction of sp³-hybridized carbons (Fsp3) is 0.571. The Morgan fingerprint density at radius 3 is 2.89 bits per heavy atom. The first-order valence-electron chi connectivity index (χ1n) is 9.43. The predicted molar refractivity (Wildman–Crippen MR) is 105 cm³/mol. The van der Waals surface area contributed by atoms with Crippen molar-refractivity contribution in [3.05, 3.63) is 35.4 Å². The van der Waals surface area contributed by atoms with Crippen LogP contribution in [-0.4, -0.2) is 53.6 Å². The van der Waals surface area contributed by atoms with Gasteiger partial charge in [0, 0.05) is 18.5 Å². The molecular formula is C21H24BrNO4. The molecule has 0 aromatic heterocycles. The van der Waals surface area contributed by atoms with Gasteiger partial charge in [0.1, 0.15) is 0 Å². The van der Waals surface area contributed by atoms with Crippen molar-refractivity contribution in [3.63, 3.8) is 0 Å². The second-order valence-electron chi connectivity index (χ2n) is 8.35. The third-order valence-corrected chi connectivity index (χ3v) is 8.76. The predicted octanol–water partition coefficient (Wildman–Crippen LogP) is 2.98. The molecule has 2 bridgehead atoms. The molecule has 1 fully saturated rings. The monoisotopic (exact) mass is 433 g/mol. The molecule has 0 amide bonds. The summed E-state index contributed by atoms with van der Waals surface area (Å²) in [7, 11) is 3.86. The van der Waals surface area contributed by atoms with Gasteiger partial charge in [-0.05, 0) is 51.1 Å². The lowest BCUT2D eigenvalue weighted by Gasteiger charge is -2.64. The van der Waals surface area contributed by atoms with Gasteiger partial charge >= 0.3 is 5.97 Å².